The van der Waals surface area contributed by atoms with Crippen LogP contribution in [0.4, 0.5) is 0 Å². The summed E-state index contributed by atoms with van der Waals surface area (Å²) in [6.45, 7) is 5.03. The van der Waals surface area contributed by atoms with E-state index >= 15 is 0 Å². The van der Waals surface area contributed by atoms with E-state index in [1.54, 1.807) is 0 Å². The van der Waals surface area contributed by atoms with E-state index < -0.39 is 0 Å². The van der Waals surface area contributed by atoms with Crippen LogP contribution in [-0.2, 0) is 5.41 Å². The fourth-order valence-electron chi connectivity index (χ4n) is 2.55. The van der Waals surface area contributed by atoms with Gasteiger partial charge in [0.25, 0.3) is 0 Å². The minimum absolute atomic E-state index is 0.0736. The van der Waals surface area contributed by atoms with Crippen LogP contribution in [0, 0.1) is 12.3 Å². The maximum Gasteiger partial charge on any atom is 0.0508 e. The summed E-state index contributed by atoms with van der Waals surface area (Å²) < 4.78 is 0. The predicted octanol–water partition coefficient (Wildman–Crippen LogP) is 1.59. The fraction of sp³-hybridized carbons (Fsp3) is 0.538. The molecule has 15 heavy (non-hydrogen) atoms. The van der Waals surface area contributed by atoms with Crippen molar-refractivity contribution in [2.75, 3.05) is 13.2 Å². The van der Waals surface area contributed by atoms with Gasteiger partial charge in [0.2, 0.25) is 0 Å². The zero-order valence-corrected chi connectivity index (χ0v) is 9.46. The molecule has 2 heteroatoms. The third-order valence-electron chi connectivity index (χ3n) is 4.12. The number of rotatable bonds is 3. The van der Waals surface area contributed by atoms with Crippen LogP contribution in [0.5, 0.6) is 0 Å². The van der Waals surface area contributed by atoms with Gasteiger partial charge in [-0.15, -0.1) is 0 Å². The molecule has 0 bridgehead atoms. The summed E-state index contributed by atoms with van der Waals surface area (Å²) in [6, 6.07) is 8.56. The zero-order valence-electron chi connectivity index (χ0n) is 9.46. The van der Waals surface area contributed by atoms with Crippen LogP contribution in [0.1, 0.15) is 24.5 Å². The van der Waals surface area contributed by atoms with Gasteiger partial charge in [0.05, 0.1) is 6.61 Å². The monoisotopic (exact) mass is 205 g/mol. The zero-order chi connectivity index (χ0) is 11.1. The van der Waals surface area contributed by atoms with Crippen LogP contribution in [0.25, 0.3) is 0 Å². The van der Waals surface area contributed by atoms with E-state index in [1.807, 2.05) is 0 Å². The Morgan fingerprint density at radius 3 is 2.33 bits per heavy atom. The first-order valence-electron chi connectivity index (χ1n) is 5.46. The van der Waals surface area contributed by atoms with Crippen LogP contribution in [0.3, 0.4) is 0 Å². The van der Waals surface area contributed by atoms with E-state index in [1.165, 1.54) is 11.1 Å². The van der Waals surface area contributed by atoms with Crippen molar-refractivity contribution in [1.29, 1.82) is 0 Å². The van der Waals surface area contributed by atoms with Gasteiger partial charge in [0.1, 0.15) is 0 Å². The Hall–Kier alpha value is -0.860. The van der Waals surface area contributed by atoms with Crippen LogP contribution in [0.2, 0.25) is 0 Å². The van der Waals surface area contributed by atoms with Crippen molar-refractivity contribution in [2.45, 2.75) is 25.7 Å². The number of nitrogens with two attached hydrogens (primary N) is 1. The van der Waals surface area contributed by atoms with Crippen molar-refractivity contribution in [3.8, 4) is 0 Å². The van der Waals surface area contributed by atoms with Gasteiger partial charge in [-0.3, -0.25) is 0 Å². The third kappa shape index (κ3) is 1.40. The largest absolute Gasteiger partial charge is 0.396 e. The highest BCUT2D eigenvalue weighted by atomic mass is 16.3. The summed E-state index contributed by atoms with van der Waals surface area (Å²) >= 11 is 0. The van der Waals surface area contributed by atoms with Crippen molar-refractivity contribution >= 4 is 0 Å². The summed E-state index contributed by atoms with van der Waals surface area (Å²) in [7, 11) is 0. The molecule has 1 aromatic carbocycles. The highest BCUT2D eigenvalue weighted by Gasteiger charge is 2.63. The second-order valence-electron chi connectivity index (χ2n) is 5.02. The lowest BCUT2D eigenvalue weighted by atomic mass is 9.88. The van der Waals surface area contributed by atoms with Gasteiger partial charge >= 0.3 is 0 Å². The van der Waals surface area contributed by atoms with E-state index in [-0.39, 0.29) is 17.4 Å². The molecule has 3 N–H and O–H groups in total. The summed E-state index contributed by atoms with van der Waals surface area (Å²) in [5, 5.41) is 9.43. The average molecular weight is 205 g/mol. The van der Waals surface area contributed by atoms with E-state index in [9.17, 15) is 5.11 Å². The molecule has 0 saturated heterocycles. The molecule has 1 saturated carbocycles. The molecule has 82 valence electrons. The summed E-state index contributed by atoms with van der Waals surface area (Å²) in [6.07, 6.45) is 0.996. The number of aliphatic hydroxyl groups excluding tert-OH is 1. The lowest BCUT2D eigenvalue weighted by Gasteiger charge is -2.19. The van der Waals surface area contributed by atoms with Crippen LogP contribution in [0.15, 0.2) is 24.3 Å². The van der Waals surface area contributed by atoms with Crippen LogP contribution >= 0.6 is 0 Å². The summed E-state index contributed by atoms with van der Waals surface area (Å²) in [4.78, 5) is 0. The Morgan fingerprint density at radius 1 is 1.33 bits per heavy atom. The number of hydrogen-bond donors (Lipinski definition) is 2. The Morgan fingerprint density at radius 2 is 1.93 bits per heavy atom. The molecule has 0 aliphatic heterocycles. The first-order chi connectivity index (χ1) is 7.08. The molecular formula is C13H19NO. The van der Waals surface area contributed by atoms with Gasteiger partial charge in [-0.05, 0) is 18.9 Å². The van der Waals surface area contributed by atoms with Gasteiger partial charge in [-0.2, -0.15) is 0 Å². The molecule has 2 unspecified atom stereocenters. The topological polar surface area (TPSA) is 46.2 Å². The van der Waals surface area contributed by atoms with E-state index in [0.717, 1.165) is 6.42 Å². The molecule has 2 rings (SSSR count). The third-order valence-corrected chi connectivity index (χ3v) is 4.12. The molecule has 2 nitrogen and oxygen atoms in total. The molecule has 0 amide bonds. The fourth-order valence-corrected chi connectivity index (χ4v) is 2.55. The first kappa shape index (κ1) is 10.7. The average Bonchev–Trinajstić information content (AvgIpc) is 2.87. The maximum atomic E-state index is 9.43. The smallest absolute Gasteiger partial charge is 0.0508 e. The van der Waals surface area contributed by atoms with Gasteiger partial charge in [0.15, 0.2) is 0 Å². The van der Waals surface area contributed by atoms with E-state index in [4.69, 9.17) is 5.73 Å². The summed E-state index contributed by atoms with van der Waals surface area (Å²) in [5.74, 6) is 0. The predicted molar refractivity (Wildman–Crippen MR) is 61.7 cm³/mol. The molecule has 0 aromatic heterocycles. The molecular weight excluding hydrogens is 186 g/mol. The molecule has 0 radical (unpaired) electrons. The molecule has 0 spiro atoms. The van der Waals surface area contributed by atoms with Crippen molar-refractivity contribution in [3.63, 3.8) is 0 Å². The Labute approximate surface area is 91.1 Å². The van der Waals surface area contributed by atoms with Crippen molar-refractivity contribution in [2.24, 2.45) is 11.1 Å². The van der Waals surface area contributed by atoms with Crippen molar-refractivity contribution < 1.29 is 5.11 Å². The molecule has 1 aliphatic carbocycles. The summed E-state index contributed by atoms with van der Waals surface area (Å²) in [5.41, 5.74) is 8.32. The van der Waals surface area contributed by atoms with E-state index in [2.05, 4.69) is 38.1 Å². The number of hydrogen-bond acceptors (Lipinski definition) is 2. The van der Waals surface area contributed by atoms with Crippen LogP contribution < -0.4 is 5.73 Å². The Kier molecular flexibility index (Phi) is 2.36. The highest BCUT2D eigenvalue weighted by Crippen LogP contribution is 2.63. The van der Waals surface area contributed by atoms with Gasteiger partial charge < -0.3 is 10.8 Å². The van der Waals surface area contributed by atoms with Crippen molar-refractivity contribution in [3.05, 3.63) is 35.4 Å². The van der Waals surface area contributed by atoms with Gasteiger partial charge in [-0.1, -0.05) is 36.8 Å². The van der Waals surface area contributed by atoms with Crippen molar-refractivity contribution in [1.82, 2.24) is 0 Å². The molecule has 1 fully saturated rings. The Balaban J connectivity index is 2.30. The number of aliphatic hydroxyl groups is 1. The van der Waals surface area contributed by atoms with Gasteiger partial charge in [0, 0.05) is 17.4 Å². The quantitative estimate of drug-likeness (QED) is 0.787. The minimum Gasteiger partial charge on any atom is -0.396 e. The second kappa shape index (κ2) is 3.32. The molecule has 1 aromatic rings. The highest BCUT2D eigenvalue weighted by molar-refractivity contribution is 5.38. The second-order valence-corrected chi connectivity index (χ2v) is 5.02. The standard InChI is InChI=1S/C13H19NO/c1-10-3-5-11(6-4-10)12(2)7-13(12,8-14)9-15/h3-6,15H,7-9,14H2,1-2H3. The van der Waals surface area contributed by atoms with Crippen LogP contribution in [-0.4, -0.2) is 18.3 Å². The number of benzene rings is 1. The Bertz CT molecular complexity index is 353. The number of aryl methyl sites for hydroxylation is 1. The molecule has 2 atom stereocenters. The first-order valence-corrected chi connectivity index (χ1v) is 5.46. The SMILES string of the molecule is Cc1ccc(C2(C)CC2(CN)CO)cc1. The lowest BCUT2D eigenvalue weighted by molar-refractivity contribution is 0.198. The minimum atomic E-state index is -0.0811. The lowest BCUT2D eigenvalue weighted by Crippen LogP contribution is -2.27. The van der Waals surface area contributed by atoms with Gasteiger partial charge in [-0.25, -0.2) is 0 Å². The molecule has 0 heterocycles. The normalized spacial score (nSPS) is 34.1. The maximum absolute atomic E-state index is 9.43. The van der Waals surface area contributed by atoms with E-state index in [0.29, 0.717) is 6.54 Å². The molecule has 1 aliphatic rings.